The van der Waals surface area contributed by atoms with E-state index in [0.717, 1.165) is 11.1 Å². The van der Waals surface area contributed by atoms with E-state index in [1.165, 1.54) is 0 Å². The van der Waals surface area contributed by atoms with E-state index in [0.29, 0.717) is 5.75 Å². The average Bonchev–Trinajstić information content (AvgIpc) is 2.60. The summed E-state index contributed by atoms with van der Waals surface area (Å²) < 4.78 is 10.5. The van der Waals surface area contributed by atoms with Gasteiger partial charge in [-0.15, -0.1) is 0 Å². The first-order chi connectivity index (χ1) is 12.3. The van der Waals surface area contributed by atoms with E-state index >= 15 is 0 Å². The number of carbonyl (C=O) groups excluding carboxylic acids is 1. The quantitative estimate of drug-likeness (QED) is 0.760. The van der Waals surface area contributed by atoms with Gasteiger partial charge in [0.15, 0.2) is 6.61 Å². The van der Waals surface area contributed by atoms with Crippen LogP contribution in [0.15, 0.2) is 61.7 Å². The van der Waals surface area contributed by atoms with Gasteiger partial charge in [-0.3, -0.25) is 0 Å². The monoisotopic (exact) mass is 354 g/mol. The molecule has 0 radical (unpaired) electrons. The third-order valence-electron chi connectivity index (χ3n) is 3.06. The van der Waals surface area contributed by atoms with E-state index in [-0.39, 0.29) is 18.3 Å². The molecule has 0 fully saturated rings. The van der Waals surface area contributed by atoms with Gasteiger partial charge in [0.05, 0.1) is 0 Å². The molecule has 0 spiro atoms. The van der Waals surface area contributed by atoms with Crippen molar-refractivity contribution in [3.63, 3.8) is 0 Å². The minimum atomic E-state index is -0.488. The van der Waals surface area contributed by atoms with E-state index in [1.807, 2.05) is 51.1 Å². The number of esters is 1. The zero-order valence-electron chi connectivity index (χ0n) is 15.6. The molecule has 1 N–H and O–H groups in total. The maximum atomic E-state index is 11.5. The lowest BCUT2D eigenvalue weighted by molar-refractivity contribution is -0.157. The number of phenols is 1. The molecule has 0 aliphatic rings. The van der Waals surface area contributed by atoms with Crippen LogP contribution in [0.1, 0.15) is 31.9 Å². The predicted octanol–water partition coefficient (Wildman–Crippen LogP) is 5.09. The fourth-order valence-electron chi connectivity index (χ4n) is 1.95. The molecule has 138 valence electrons. The summed E-state index contributed by atoms with van der Waals surface area (Å²) in [6.45, 7) is 12.6. The van der Waals surface area contributed by atoms with Crippen molar-refractivity contribution in [2.45, 2.75) is 26.4 Å². The number of carbonyl (C=O) groups is 1. The molecule has 4 nitrogen and oxygen atoms in total. The van der Waals surface area contributed by atoms with Crippen molar-refractivity contribution >= 4 is 18.1 Å². The maximum absolute atomic E-state index is 11.5. The molecule has 0 aliphatic carbocycles. The zero-order valence-corrected chi connectivity index (χ0v) is 15.6. The van der Waals surface area contributed by atoms with Gasteiger partial charge in [0, 0.05) is 11.1 Å². The lowest BCUT2D eigenvalue weighted by atomic mass is 10.2. The third kappa shape index (κ3) is 7.71. The SMILES string of the molecule is C=Cc1ccccc1O.C=Cc1ccccc1OCC(=O)OC(C)(C)C. The summed E-state index contributed by atoms with van der Waals surface area (Å²) in [5.74, 6) is 0.539. The highest BCUT2D eigenvalue weighted by Crippen LogP contribution is 2.19. The lowest BCUT2D eigenvalue weighted by Crippen LogP contribution is -2.27. The molecule has 2 aromatic rings. The number of benzene rings is 2. The van der Waals surface area contributed by atoms with E-state index in [1.54, 1.807) is 30.4 Å². The molecule has 0 saturated heterocycles. The van der Waals surface area contributed by atoms with Crippen LogP contribution >= 0.6 is 0 Å². The fraction of sp³-hybridized carbons (Fsp3) is 0.227. The van der Waals surface area contributed by atoms with E-state index in [4.69, 9.17) is 14.6 Å². The second-order valence-corrected chi connectivity index (χ2v) is 6.38. The Morgan fingerprint density at radius 3 is 2.04 bits per heavy atom. The first kappa shape index (κ1) is 21.0. The molecule has 0 unspecified atom stereocenters. The molecule has 0 bridgehead atoms. The van der Waals surface area contributed by atoms with Gasteiger partial charge in [-0.1, -0.05) is 61.7 Å². The van der Waals surface area contributed by atoms with Gasteiger partial charge in [-0.05, 0) is 32.9 Å². The van der Waals surface area contributed by atoms with E-state index in [2.05, 4.69) is 13.2 Å². The van der Waals surface area contributed by atoms with Crippen LogP contribution in [0.25, 0.3) is 12.2 Å². The molecular weight excluding hydrogens is 328 g/mol. The van der Waals surface area contributed by atoms with E-state index in [9.17, 15) is 4.79 Å². The minimum Gasteiger partial charge on any atom is -0.507 e. The number of phenolic OH excluding ortho intramolecular Hbond substituents is 1. The molecular formula is C22H26O4. The van der Waals surface area contributed by atoms with Gasteiger partial charge in [0.1, 0.15) is 17.1 Å². The van der Waals surface area contributed by atoms with Crippen molar-refractivity contribution < 1.29 is 19.4 Å². The van der Waals surface area contributed by atoms with Gasteiger partial charge in [0.25, 0.3) is 0 Å². The van der Waals surface area contributed by atoms with Gasteiger partial charge in [-0.25, -0.2) is 4.79 Å². The van der Waals surface area contributed by atoms with Crippen molar-refractivity contribution in [3.05, 3.63) is 72.8 Å². The van der Waals surface area contributed by atoms with Crippen LogP contribution in [-0.2, 0) is 9.53 Å². The Morgan fingerprint density at radius 1 is 1.00 bits per heavy atom. The summed E-state index contributed by atoms with van der Waals surface area (Å²) in [5, 5.41) is 9.04. The Kier molecular flexibility index (Phi) is 8.16. The highest BCUT2D eigenvalue weighted by atomic mass is 16.6. The lowest BCUT2D eigenvalue weighted by Gasteiger charge is -2.19. The number of ether oxygens (including phenoxy) is 2. The average molecular weight is 354 g/mol. The van der Waals surface area contributed by atoms with Crippen LogP contribution in [0.4, 0.5) is 0 Å². The number of para-hydroxylation sites is 2. The van der Waals surface area contributed by atoms with Gasteiger partial charge < -0.3 is 14.6 Å². The largest absolute Gasteiger partial charge is 0.507 e. The van der Waals surface area contributed by atoms with Crippen molar-refractivity contribution in [1.82, 2.24) is 0 Å². The number of rotatable bonds is 5. The fourth-order valence-corrected chi connectivity index (χ4v) is 1.95. The Balaban J connectivity index is 0.000000314. The third-order valence-corrected chi connectivity index (χ3v) is 3.06. The first-order valence-corrected chi connectivity index (χ1v) is 8.23. The zero-order chi connectivity index (χ0) is 19.6. The highest BCUT2D eigenvalue weighted by Gasteiger charge is 2.16. The van der Waals surface area contributed by atoms with Crippen LogP contribution in [0.3, 0.4) is 0 Å². The summed E-state index contributed by atoms with van der Waals surface area (Å²) in [6.07, 6.45) is 3.31. The number of aromatic hydroxyl groups is 1. The summed E-state index contributed by atoms with van der Waals surface area (Å²) >= 11 is 0. The summed E-state index contributed by atoms with van der Waals surface area (Å²) in [7, 11) is 0. The molecule has 0 amide bonds. The van der Waals surface area contributed by atoms with Crippen molar-refractivity contribution in [2.24, 2.45) is 0 Å². The molecule has 4 heteroatoms. The normalized spacial score (nSPS) is 10.1. The first-order valence-electron chi connectivity index (χ1n) is 8.23. The number of hydrogen-bond acceptors (Lipinski definition) is 4. The van der Waals surface area contributed by atoms with Crippen molar-refractivity contribution in [3.8, 4) is 11.5 Å². The molecule has 26 heavy (non-hydrogen) atoms. The summed E-state index contributed by atoms with van der Waals surface area (Å²) in [6, 6.07) is 14.5. The molecule has 2 rings (SSSR count). The van der Waals surface area contributed by atoms with Crippen LogP contribution in [0, 0.1) is 0 Å². The Labute approximate surface area is 155 Å². The molecule has 0 aromatic heterocycles. The Morgan fingerprint density at radius 2 is 1.54 bits per heavy atom. The smallest absolute Gasteiger partial charge is 0.344 e. The summed E-state index contributed by atoms with van der Waals surface area (Å²) in [5.41, 5.74) is 1.15. The van der Waals surface area contributed by atoms with Crippen molar-refractivity contribution in [2.75, 3.05) is 6.61 Å². The second kappa shape index (κ2) is 10.1. The second-order valence-electron chi connectivity index (χ2n) is 6.38. The van der Waals surface area contributed by atoms with Gasteiger partial charge in [-0.2, -0.15) is 0 Å². The van der Waals surface area contributed by atoms with E-state index < -0.39 is 5.60 Å². The number of hydrogen-bond donors (Lipinski definition) is 1. The van der Waals surface area contributed by atoms with Crippen LogP contribution in [0.2, 0.25) is 0 Å². The Bertz CT molecular complexity index is 742. The summed E-state index contributed by atoms with van der Waals surface area (Å²) in [4.78, 5) is 11.5. The van der Waals surface area contributed by atoms with Gasteiger partial charge in [0.2, 0.25) is 0 Å². The van der Waals surface area contributed by atoms with Crippen LogP contribution in [-0.4, -0.2) is 23.3 Å². The van der Waals surface area contributed by atoms with Gasteiger partial charge >= 0.3 is 5.97 Å². The molecule has 2 aromatic carbocycles. The van der Waals surface area contributed by atoms with Crippen LogP contribution < -0.4 is 4.74 Å². The molecule has 0 atom stereocenters. The maximum Gasteiger partial charge on any atom is 0.344 e. The minimum absolute atomic E-state index is 0.0951. The van der Waals surface area contributed by atoms with Crippen LogP contribution in [0.5, 0.6) is 11.5 Å². The standard InChI is InChI=1S/C14H18O3.C8H8O/c1-5-11-8-6-7-9-12(11)16-10-13(15)17-14(2,3)4;1-2-7-5-3-4-6-8(7)9/h5-9H,1,10H2,2-4H3;2-6,9H,1H2. The molecule has 0 saturated carbocycles. The molecule has 0 heterocycles. The Hall–Kier alpha value is -3.01. The highest BCUT2D eigenvalue weighted by molar-refractivity contribution is 5.72. The molecule has 0 aliphatic heterocycles. The predicted molar refractivity (Wildman–Crippen MR) is 106 cm³/mol. The van der Waals surface area contributed by atoms with Crippen molar-refractivity contribution in [1.29, 1.82) is 0 Å². The topological polar surface area (TPSA) is 55.8 Å².